The SMILES string of the molecule is CC1CCCN(C(=O)c2csc([N+](=O)[O-])c2)C1CN.Cl. The van der Waals surface area contributed by atoms with Crippen LogP contribution in [0.15, 0.2) is 11.4 Å². The molecule has 0 saturated carbocycles. The predicted molar refractivity (Wildman–Crippen MR) is 80.5 cm³/mol. The third-order valence-corrected chi connectivity index (χ3v) is 4.51. The lowest BCUT2D eigenvalue weighted by Gasteiger charge is -2.39. The van der Waals surface area contributed by atoms with Crippen LogP contribution in [0, 0.1) is 16.0 Å². The van der Waals surface area contributed by atoms with Crippen LogP contribution in [0.2, 0.25) is 0 Å². The number of nitrogens with zero attached hydrogens (tertiary/aromatic N) is 2. The molecule has 2 rings (SSSR count). The highest BCUT2D eigenvalue weighted by molar-refractivity contribution is 7.13. The molecule has 0 bridgehead atoms. The molecule has 0 aromatic carbocycles. The van der Waals surface area contributed by atoms with Crippen molar-refractivity contribution in [3.05, 3.63) is 27.1 Å². The van der Waals surface area contributed by atoms with Crippen molar-refractivity contribution >= 4 is 34.7 Å². The molecule has 0 radical (unpaired) electrons. The van der Waals surface area contributed by atoms with Gasteiger partial charge in [-0.15, -0.1) is 12.4 Å². The van der Waals surface area contributed by atoms with Crippen LogP contribution in [0.5, 0.6) is 0 Å². The molecule has 2 unspecified atom stereocenters. The fraction of sp³-hybridized carbons (Fsp3) is 0.583. The van der Waals surface area contributed by atoms with E-state index >= 15 is 0 Å². The maximum absolute atomic E-state index is 12.4. The summed E-state index contributed by atoms with van der Waals surface area (Å²) in [4.78, 5) is 24.4. The van der Waals surface area contributed by atoms with Crippen molar-refractivity contribution in [1.82, 2.24) is 4.90 Å². The van der Waals surface area contributed by atoms with Crippen molar-refractivity contribution in [3.63, 3.8) is 0 Å². The molecule has 2 atom stereocenters. The summed E-state index contributed by atoms with van der Waals surface area (Å²) in [7, 11) is 0. The molecule has 6 nitrogen and oxygen atoms in total. The number of hydrogen-bond acceptors (Lipinski definition) is 5. The third-order valence-electron chi connectivity index (χ3n) is 3.63. The molecule has 1 aromatic rings. The highest BCUT2D eigenvalue weighted by Gasteiger charge is 2.32. The molecule has 1 saturated heterocycles. The van der Waals surface area contributed by atoms with Gasteiger partial charge in [-0.25, -0.2) is 0 Å². The van der Waals surface area contributed by atoms with Crippen LogP contribution in [-0.2, 0) is 0 Å². The summed E-state index contributed by atoms with van der Waals surface area (Å²) >= 11 is 0.982. The summed E-state index contributed by atoms with van der Waals surface area (Å²) in [6.07, 6.45) is 2.02. The van der Waals surface area contributed by atoms with Gasteiger partial charge in [-0.05, 0) is 18.8 Å². The molecule has 20 heavy (non-hydrogen) atoms. The van der Waals surface area contributed by atoms with Crippen LogP contribution in [0.4, 0.5) is 5.00 Å². The van der Waals surface area contributed by atoms with E-state index in [1.54, 1.807) is 10.3 Å². The summed E-state index contributed by atoms with van der Waals surface area (Å²) in [6, 6.07) is 1.38. The molecule has 1 aliphatic heterocycles. The highest BCUT2D eigenvalue weighted by Crippen LogP contribution is 2.28. The number of carbonyl (C=O) groups excluding carboxylic acids is 1. The van der Waals surface area contributed by atoms with Crippen LogP contribution in [0.25, 0.3) is 0 Å². The molecule has 1 aromatic heterocycles. The molecule has 0 aliphatic carbocycles. The highest BCUT2D eigenvalue weighted by atomic mass is 35.5. The van der Waals surface area contributed by atoms with Crippen LogP contribution >= 0.6 is 23.7 Å². The molecule has 1 aliphatic rings. The lowest BCUT2D eigenvalue weighted by atomic mass is 9.90. The van der Waals surface area contributed by atoms with E-state index < -0.39 is 4.92 Å². The predicted octanol–water partition coefficient (Wildman–Crippen LogP) is 2.28. The number of piperidine rings is 1. The van der Waals surface area contributed by atoms with Gasteiger partial charge in [0.2, 0.25) is 0 Å². The second-order valence-electron chi connectivity index (χ2n) is 4.85. The van der Waals surface area contributed by atoms with E-state index in [1.165, 1.54) is 6.07 Å². The van der Waals surface area contributed by atoms with Crippen LogP contribution in [0.3, 0.4) is 0 Å². The smallest absolute Gasteiger partial charge is 0.324 e. The molecule has 1 fully saturated rings. The Balaban J connectivity index is 0.00000200. The summed E-state index contributed by atoms with van der Waals surface area (Å²) < 4.78 is 0. The largest absolute Gasteiger partial charge is 0.334 e. The maximum atomic E-state index is 12.4. The number of carbonyl (C=O) groups is 1. The Morgan fingerprint density at radius 3 is 2.90 bits per heavy atom. The minimum Gasteiger partial charge on any atom is -0.334 e. The molecular formula is C12H18ClN3O3S. The number of amides is 1. The van der Waals surface area contributed by atoms with Gasteiger partial charge in [0.1, 0.15) is 0 Å². The number of halogens is 1. The van der Waals surface area contributed by atoms with Gasteiger partial charge in [0.05, 0.1) is 10.5 Å². The first-order chi connectivity index (χ1) is 9.04. The summed E-state index contributed by atoms with van der Waals surface area (Å²) in [5, 5.41) is 12.2. The minimum absolute atomic E-state index is 0. The van der Waals surface area contributed by atoms with E-state index in [2.05, 4.69) is 6.92 Å². The van der Waals surface area contributed by atoms with Crippen molar-refractivity contribution in [2.45, 2.75) is 25.8 Å². The van der Waals surface area contributed by atoms with Crippen LogP contribution in [0.1, 0.15) is 30.1 Å². The summed E-state index contributed by atoms with van der Waals surface area (Å²) in [6.45, 7) is 3.20. The standard InChI is InChI=1S/C12H17N3O3S.ClH/c1-8-3-2-4-14(10(8)6-13)12(16)9-5-11(15(17)18)19-7-9;/h5,7-8,10H,2-4,6,13H2,1H3;1H. The van der Waals surface area contributed by atoms with Gasteiger partial charge < -0.3 is 10.6 Å². The number of thiophene rings is 1. The van der Waals surface area contributed by atoms with Crippen molar-refractivity contribution in [1.29, 1.82) is 0 Å². The van der Waals surface area contributed by atoms with Gasteiger partial charge in [-0.2, -0.15) is 0 Å². The fourth-order valence-corrected chi connectivity index (χ4v) is 3.26. The molecule has 1 amide bonds. The van der Waals surface area contributed by atoms with Gasteiger partial charge in [-0.1, -0.05) is 18.3 Å². The number of nitro groups is 1. The zero-order valence-electron chi connectivity index (χ0n) is 11.2. The van der Waals surface area contributed by atoms with Gasteiger partial charge in [0, 0.05) is 30.6 Å². The van der Waals surface area contributed by atoms with Gasteiger partial charge >= 0.3 is 5.00 Å². The van der Waals surface area contributed by atoms with Crippen LogP contribution < -0.4 is 5.73 Å². The zero-order valence-corrected chi connectivity index (χ0v) is 12.8. The maximum Gasteiger partial charge on any atom is 0.324 e. The average molecular weight is 320 g/mol. The topological polar surface area (TPSA) is 89.5 Å². The first-order valence-corrected chi connectivity index (χ1v) is 7.16. The zero-order chi connectivity index (χ0) is 14.0. The number of likely N-dealkylation sites (tertiary alicyclic amines) is 1. The lowest BCUT2D eigenvalue weighted by Crippen LogP contribution is -2.51. The second-order valence-corrected chi connectivity index (χ2v) is 5.74. The number of hydrogen-bond donors (Lipinski definition) is 1. The van der Waals surface area contributed by atoms with Crippen LogP contribution in [-0.4, -0.2) is 34.9 Å². The lowest BCUT2D eigenvalue weighted by molar-refractivity contribution is -0.380. The first kappa shape index (κ1) is 16.9. The van der Waals surface area contributed by atoms with Crippen molar-refractivity contribution < 1.29 is 9.72 Å². The van der Waals surface area contributed by atoms with Crippen molar-refractivity contribution in [2.24, 2.45) is 11.7 Å². The van der Waals surface area contributed by atoms with E-state index in [0.29, 0.717) is 24.6 Å². The summed E-state index contributed by atoms with van der Waals surface area (Å²) in [5.74, 6) is 0.225. The Bertz CT molecular complexity index is 494. The van der Waals surface area contributed by atoms with E-state index in [4.69, 9.17) is 5.73 Å². The Labute approximate surface area is 127 Å². The summed E-state index contributed by atoms with van der Waals surface area (Å²) in [5.41, 5.74) is 6.15. The van der Waals surface area contributed by atoms with E-state index in [1.807, 2.05) is 0 Å². The Morgan fingerprint density at radius 2 is 2.35 bits per heavy atom. The molecule has 8 heteroatoms. The molecule has 112 valence electrons. The van der Waals surface area contributed by atoms with E-state index in [-0.39, 0.29) is 29.4 Å². The second kappa shape index (κ2) is 7.01. The molecule has 2 heterocycles. The number of nitrogens with two attached hydrogens (primary N) is 1. The van der Waals surface area contributed by atoms with E-state index in [0.717, 1.165) is 24.2 Å². The Kier molecular flexibility index (Phi) is 5.91. The van der Waals surface area contributed by atoms with Gasteiger partial charge in [0.15, 0.2) is 0 Å². The fourth-order valence-electron chi connectivity index (χ4n) is 2.56. The molecule has 0 spiro atoms. The Morgan fingerprint density at radius 1 is 1.65 bits per heavy atom. The average Bonchev–Trinajstić information content (AvgIpc) is 2.87. The Hall–Kier alpha value is -1.18. The molecular weight excluding hydrogens is 302 g/mol. The normalized spacial score (nSPS) is 22.2. The molecule has 2 N–H and O–H groups in total. The third kappa shape index (κ3) is 3.28. The monoisotopic (exact) mass is 319 g/mol. The van der Waals surface area contributed by atoms with Crippen molar-refractivity contribution in [2.75, 3.05) is 13.1 Å². The van der Waals surface area contributed by atoms with Gasteiger partial charge in [-0.3, -0.25) is 14.9 Å². The van der Waals surface area contributed by atoms with Crippen molar-refractivity contribution in [3.8, 4) is 0 Å². The first-order valence-electron chi connectivity index (χ1n) is 6.28. The quantitative estimate of drug-likeness (QED) is 0.683. The van der Waals surface area contributed by atoms with Gasteiger partial charge in [0.25, 0.3) is 5.91 Å². The minimum atomic E-state index is -0.472. The number of rotatable bonds is 3. The van der Waals surface area contributed by atoms with E-state index in [9.17, 15) is 14.9 Å².